The van der Waals surface area contributed by atoms with E-state index in [0.29, 0.717) is 29.3 Å². The summed E-state index contributed by atoms with van der Waals surface area (Å²) in [6.45, 7) is 3.73. The van der Waals surface area contributed by atoms with Crippen LogP contribution in [0.4, 0.5) is 4.79 Å². The summed E-state index contributed by atoms with van der Waals surface area (Å²) in [4.78, 5) is 30.6. The van der Waals surface area contributed by atoms with E-state index in [1.807, 2.05) is 6.92 Å². The Kier molecular flexibility index (Phi) is 3.78. The van der Waals surface area contributed by atoms with Crippen molar-refractivity contribution >= 4 is 11.9 Å². The molecule has 9 heteroatoms. The molecule has 2 aliphatic heterocycles. The number of benzene rings is 1. The Balaban J connectivity index is 1.57. The molecule has 1 N–H and O–H groups in total. The van der Waals surface area contributed by atoms with Gasteiger partial charge >= 0.3 is 6.03 Å². The van der Waals surface area contributed by atoms with Crippen molar-refractivity contribution in [3.8, 4) is 11.5 Å². The van der Waals surface area contributed by atoms with E-state index in [-0.39, 0.29) is 19.2 Å². The summed E-state index contributed by atoms with van der Waals surface area (Å²) < 4.78 is 15.8. The first kappa shape index (κ1) is 16.4. The highest BCUT2D eigenvalue weighted by Crippen LogP contribution is 2.38. The van der Waals surface area contributed by atoms with Crippen molar-refractivity contribution in [1.29, 1.82) is 0 Å². The van der Waals surface area contributed by atoms with Crippen LogP contribution in [0.2, 0.25) is 0 Å². The van der Waals surface area contributed by atoms with E-state index < -0.39 is 17.5 Å². The van der Waals surface area contributed by atoms with Crippen LogP contribution in [0.15, 0.2) is 22.7 Å². The zero-order valence-electron chi connectivity index (χ0n) is 14.4. The molecule has 1 saturated heterocycles. The third-order valence-corrected chi connectivity index (χ3v) is 4.50. The Morgan fingerprint density at radius 2 is 2.08 bits per heavy atom. The van der Waals surface area contributed by atoms with Crippen molar-refractivity contribution in [1.82, 2.24) is 20.4 Å². The van der Waals surface area contributed by atoms with Crippen LogP contribution in [0.1, 0.15) is 37.5 Å². The number of carbonyl (C=O) groups is 2. The number of ether oxygens (including phenoxy) is 2. The van der Waals surface area contributed by atoms with Crippen molar-refractivity contribution in [2.24, 2.45) is 0 Å². The van der Waals surface area contributed by atoms with Gasteiger partial charge in [0, 0.05) is 6.42 Å². The zero-order valence-corrected chi connectivity index (χ0v) is 14.4. The number of urea groups is 1. The van der Waals surface area contributed by atoms with Crippen LogP contribution in [0, 0.1) is 0 Å². The number of nitrogens with one attached hydrogen (secondary N) is 1. The van der Waals surface area contributed by atoms with Crippen molar-refractivity contribution in [3.05, 3.63) is 35.5 Å². The van der Waals surface area contributed by atoms with Gasteiger partial charge in [0.25, 0.3) is 5.91 Å². The number of hydrogen-bond acceptors (Lipinski definition) is 7. The minimum Gasteiger partial charge on any atom is -0.454 e. The van der Waals surface area contributed by atoms with Crippen LogP contribution in [0.3, 0.4) is 0 Å². The fraction of sp³-hybridized carbons (Fsp3) is 0.412. The van der Waals surface area contributed by atoms with Gasteiger partial charge in [-0.05, 0) is 31.0 Å². The molecule has 1 fully saturated rings. The van der Waals surface area contributed by atoms with Gasteiger partial charge in [-0.25, -0.2) is 4.79 Å². The lowest BCUT2D eigenvalue weighted by Gasteiger charge is -2.22. The highest BCUT2D eigenvalue weighted by Gasteiger charge is 2.49. The Morgan fingerprint density at radius 1 is 1.27 bits per heavy atom. The van der Waals surface area contributed by atoms with Gasteiger partial charge in [0.05, 0.1) is 0 Å². The molecule has 0 radical (unpaired) electrons. The van der Waals surface area contributed by atoms with Crippen LogP contribution in [0.25, 0.3) is 0 Å². The summed E-state index contributed by atoms with van der Waals surface area (Å²) in [6.07, 6.45) is 1.56. The molecule has 1 aromatic carbocycles. The van der Waals surface area contributed by atoms with Crippen LogP contribution < -0.4 is 14.8 Å². The van der Waals surface area contributed by atoms with Gasteiger partial charge in [-0.15, -0.1) is 0 Å². The van der Waals surface area contributed by atoms with Gasteiger partial charge in [-0.3, -0.25) is 9.69 Å². The fourth-order valence-corrected chi connectivity index (χ4v) is 3.06. The Hall–Kier alpha value is -3.10. The van der Waals surface area contributed by atoms with E-state index in [1.165, 1.54) is 0 Å². The first-order valence-corrected chi connectivity index (χ1v) is 8.37. The highest BCUT2D eigenvalue weighted by molar-refractivity contribution is 6.07. The number of hydrogen-bond donors (Lipinski definition) is 1. The molecule has 3 heterocycles. The zero-order chi connectivity index (χ0) is 18.3. The van der Waals surface area contributed by atoms with Gasteiger partial charge in [0.2, 0.25) is 12.7 Å². The van der Waals surface area contributed by atoms with E-state index in [9.17, 15) is 9.59 Å². The van der Waals surface area contributed by atoms with E-state index in [4.69, 9.17) is 14.0 Å². The molecule has 26 heavy (non-hydrogen) atoms. The lowest BCUT2D eigenvalue weighted by molar-refractivity contribution is -0.131. The third-order valence-electron chi connectivity index (χ3n) is 4.50. The average Bonchev–Trinajstić information content (AvgIpc) is 3.31. The number of aryl methyl sites for hydroxylation is 1. The van der Waals surface area contributed by atoms with Crippen LogP contribution >= 0.6 is 0 Å². The van der Waals surface area contributed by atoms with Crippen molar-refractivity contribution in [3.63, 3.8) is 0 Å². The van der Waals surface area contributed by atoms with Crippen LogP contribution in [-0.2, 0) is 23.3 Å². The van der Waals surface area contributed by atoms with Crippen LogP contribution in [-0.4, -0.2) is 33.8 Å². The largest absolute Gasteiger partial charge is 0.454 e. The summed E-state index contributed by atoms with van der Waals surface area (Å²) in [7, 11) is 0. The maximum atomic E-state index is 13.0. The van der Waals surface area contributed by atoms with Gasteiger partial charge < -0.3 is 19.3 Å². The standard InChI is InChI=1S/C17H18N4O5/c1-3-4-13-18-14(26-20-13)8-21-15(22)17(2,19-16(21)23)10-5-6-11-12(7-10)25-9-24-11/h5-7H,3-4,8-9H2,1-2H3,(H,19,23). The lowest BCUT2D eigenvalue weighted by Crippen LogP contribution is -2.40. The molecule has 3 amide bonds. The smallest absolute Gasteiger partial charge is 0.325 e. The first-order chi connectivity index (χ1) is 12.5. The molecule has 9 nitrogen and oxygen atoms in total. The monoisotopic (exact) mass is 358 g/mol. The molecule has 0 saturated carbocycles. The number of aromatic nitrogens is 2. The predicted molar refractivity (Wildman–Crippen MR) is 87.3 cm³/mol. The summed E-state index contributed by atoms with van der Waals surface area (Å²) in [6, 6.07) is 4.66. The molecule has 2 aliphatic rings. The second kappa shape index (κ2) is 6.01. The summed E-state index contributed by atoms with van der Waals surface area (Å²) >= 11 is 0. The number of fused-ring (bicyclic) bond motifs is 1. The molecule has 0 bridgehead atoms. The van der Waals surface area contributed by atoms with E-state index in [1.54, 1.807) is 25.1 Å². The average molecular weight is 358 g/mol. The molecule has 0 aliphatic carbocycles. The Morgan fingerprint density at radius 3 is 2.88 bits per heavy atom. The molecule has 136 valence electrons. The fourth-order valence-electron chi connectivity index (χ4n) is 3.06. The second-order valence-corrected chi connectivity index (χ2v) is 6.37. The van der Waals surface area contributed by atoms with Crippen molar-refractivity contribution < 1.29 is 23.6 Å². The minimum atomic E-state index is -1.20. The molecule has 2 aromatic rings. The van der Waals surface area contributed by atoms with E-state index in [0.717, 1.165) is 11.3 Å². The number of nitrogens with zero attached hydrogens (tertiary/aromatic N) is 3. The maximum Gasteiger partial charge on any atom is 0.325 e. The molecule has 1 aromatic heterocycles. The van der Waals surface area contributed by atoms with Gasteiger partial charge in [-0.2, -0.15) is 4.98 Å². The summed E-state index contributed by atoms with van der Waals surface area (Å²) in [5.74, 6) is 1.56. The topological polar surface area (TPSA) is 107 Å². The number of amides is 3. The van der Waals surface area contributed by atoms with E-state index in [2.05, 4.69) is 15.5 Å². The van der Waals surface area contributed by atoms with Gasteiger partial charge in [-0.1, -0.05) is 18.1 Å². The van der Waals surface area contributed by atoms with Crippen molar-refractivity contribution in [2.45, 2.75) is 38.8 Å². The molecule has 0 spiro atoms. The van der Waals surface area contributed by atoms with Crippen LogP contribution in [0.5, 0.6) is 11.5 Å². The molecular formula is C17H18N4O5. The highest BCUT2D eigenvalue weighted by atomic mass is 16.7. The normalized spacial score (nSPS) is 21.4. The molecule has 1 atom stereocenters. The Labute approximate surface area is 149 Å². The Bertz CT molecular complexity index is 880. The summed E-state index contributed by atoms with van der Waals surface area (Å²) in [5, 5.41) is 6.59. The predicted octanol–water partition coefficient (Wildman–Crippen LogP) is 1.72. The molecular weight excluding hydrogens is 340 g/mol. The molecule has 4 rings (SSSR count). The van der Waals surface area contributed by atoms with Gasteiger partial charge in [0.15, 0.2) is 17.3 Å². The molecule has 1 unspecified atom stereocenters. The quantitative estimate of drug-likeness (QED) is 0.811. The minimum absolute atomic E-state index is 0.0679. The maximum absolute atomic E-state index is 13.0. The first-order valence-electron chi connectivity index (χ1n) is 8.37. The number of rotatable bonds is 5. The van der Waals surface area contributed by atoms with Gasteiger partial charge in [0.1, 0.15) is 12.1 Å². The number of imide groups is 1. The number of carbonyl (C=O) groups excluding carboxylic acids is 2. The second-order valence-electron chi connectivity index (χ2n) is 6.37. The summed E-state index contributed by atoms with van der Waals surface area (Å²) in [5.41, 5.74) is -0.593. The van der Waals surface area contributed by atoms with E-state index >= 15 is 0 Å². The van der Waals surface area contributed by atoms with Crippen molar-refractivity contribution in [2.75, 3.05) is 6.79 Å². The third kappa shape index (κ3) is 2.56. The lowest BCUT2D eigenvalue weighted by atomic mass is 9.91. The SMILES string of the molecule is CCCc1noc(CN2C(=O)NC(C)(c3ccc4c(c3)OCO4)C2=O)n1.